The topological polar surface area (TPSA) is 76.1 Å². The quantitative estimate of drug-likeness (QED) is 0.562. The zero-order chi connectivity index (χ0) is 18.2. The molecule has 26 heavy (non-hydrogen) atoms. The number of benzene rings is 2. The minimum atomic E-state index is -0.00351. The Balaban J connectivity index is 1.53. The third-order valence-corrected chi connectivity index (χ3v) is 5.16. The number of para-hydroxylation sites is 1. The first kappa shape index (κ1) is 18.2. The van der Waals surface area contributed by atoms with E-state index in [0.717, 1.165) is 21.5 Å². The van der Waals surface area contributed by atoms with Gasteiger partial charge in [0.1, 0.15) is 11.5 Å². The van der Waals surface area contributed by atoms with Crippen LogP contribution in [0.3, 0.4) is 0 Å². The number of thioether (sulfide) groups is 1. The van der Waals surface area contributed by atoms with Gasteiger partial charge in [0.25, 0.3) is 0 Å². The lowest BCUT2D eigenvalue weighted by atomic mass is 10.3. The van der Waals surface area contributed by atoms with Crippen LogP contribution in [0.2, 0.25) is 0 Å². The highest BCUT2D eigenvalue weighted by atomic mass is 32.2. The number of hydrogen-bond acceptors (Lipinski definition) is 7. The summed E-state index contributed by atoms with van der Waals surface area (Å²) in [6.07, 6.45) is 0. The molecule has 2 aromatic carbocycles. The van der Waals surface area contributed by atoms with Gasteiger partial charge in [0.2, 0.25) is 11.0 Å². The van der Waals surface area contributed by atoms with Gasteiger partial charge in [-0.05, 0) is 43.3 Å². The molecule has 0 spiro atoms. The van der Waals surface area contributed by atoms with Crippen molar-refractivity contribution >= 4 is 39.8 Å². The van der Waals surface area contributed by atoms with Gasteiger partial charge in [-0.1, -0.05) is 41.3 Å². The second-order valence-corrected chi connectivity index (χ2v) is 7.38. The summed E-state index contributed by atoms with van der Waals surface area (Å²) in [5.41, 5.74) is 0.891. The van der Waals surface area contributed by atoms with Gasteiger partial charge in [-0.2, -0.15) is 0 Å². The molecule has 0 saturated carbocycles. The van der Waals surface area contributed by atoms with Gasteiger partial charge in [-0.25, -0.2) is 0 Å². The molecule has 0 aliphatic carbocycles. The van der Waals surface area contributed by atoms with Crippen molar-refractivity contribution in [3.8, 4) is 11.5 Å². The Morgan fingerprint density at radius 2 is 1.81 bits per heavy atom. The molecule has 8 heteroatoms. The maximum absolute atomic E-state index is 11.5. The predicted octanol–water partition coefficient (Wildman–Crippen LogP) is 4.30. The van der Waals surface area contributed by atoms with Gasteiger partial charge in [0.15, 0.2) is 4.34 Å². The van der Waals surface area contributed by atoms with Crippen molar-refractivity contribution in [2.24, 2.45) is 0 Å². The number of hydrogen-bond donors (Lipinski definition) is 2. The number of carbonyl (C=O) groups excluding carboxylic acids is 1. The van der Waals surface area contributed by atoms with Crippen LogP contribution >= 0.6 is 23.1 Å². The maximum atomic E-state index is 11.5. The monoisotopic (exact) mass is 386 g/mol. The van der Waals surface area contributed by atoms with Crippen molar-refractivity contribution in [3.05, 3.63) is 54.6 Å². The molecule has 0 saturated heterocycles. The zero-order valence-electron chi connectivity index (χ0n) is 14.1. The summed E-state index contributed by atoms with van der Waals surface area (Å²) in [5.74, 6) is 1.90. The number of nitrogens with one attached hydrogen (secondary N) is 2. The molecular formula is C18H18N4O2S2. The SMILES string of the molecule is CCNC(=O)CSc1nnc(Nc2ccc(Oc3ccccc3)cc2)s1. The summed E-state index contributed by atoms with van der Waals surface area (Å²) in [4.78, 5) is 11.5. The summed E-state index contributed by atoms with van der Waals surface area (Å²) in [6.45, 7) is 2.53. The highest BCUT2D eigenvalue weighted by molar-refractivity contribution is 8.01. The van der Waals surface area contributed by atoms with Crippen LogP contribution in [0.5, 0.6) is 11.5 Å². The average Bonchev–Trinajstić information content (AvgIpc) is 3.10. The molecule has 3 rings (SSSR count). The summed E-state index contributed by atoms with van der Waals surface area (Å²) in [7, 11) is 0. The Kier molecular flexibility index (Phi) is 6.45. The van der Waals surface area contributed by atoms with Crippen LogP contribution < -0.4 is 15.4 Å². The maximum Gasteiger partial charge on any atom is 0.230 e. The van der Waals surface area contributed by atoms with Crippen LogP contribution in [-0.2, 0) is 4.79 Å². The summed E-state index contributed by atoms with van der Waals surface area (Å²) in [5, 5.41) is 14.8. The number of anilines is 2. The number of amides is 1. The van der Waals surface area contributed by atoms with Gasteiger partial charge >= 0.3 is 0 Å². The van der Waals surface area contributed by atoms with Gasteiger partial charge in [-0.3, -0.25) is 4.79 Å². The summed E-state index contributed by atoms with van der Waals surface area (Å²) >= 11 is 2.79. The molecule has 6 nitrogen and oxygen atoms in total. The van der Waals surface area contributed by atoms with E-state index in [0.29, 0.717) is 17.4 Å². The van der Waals surface area contributed by atoms with Crippen LogP contribution in [-0.4, -0.2) is 28.4 Å². The van der Waals surface area contributed by atoms with E-state index in [1.165, 1.54) is 23.1 Å². The largest absolute Gasteiger partial charge is 0.457 e. The second kappa shape index (κ2) is 9.21. The van der Waals surface area contributed by atoms with Gasteiger partial charge < -0.3 is 15.4 Å². The number of ether oxygens (including phenoxy) is 1. The third-order valence-electron chi connectivity index (χ3n) is 3.19. The Bertz CT molecular complexity index is 838. The zero-order valence-corrected chi connectivity index (χ0v) is 15.8. The number of aromatic nitrogens is 2. The van der Waals surface area contributed by atoms with Crippen molar-refractivity contribution < 1.29 is 9.53 Å². The Hall–Kier alpha value is -2.58. The van der Waals surface area contributed by atoms with Crippen LogP contribution in [0.15, 0.2) is 58.9 Å². The molecule has 1 aromatic heterocycles. The predicted molar refractivity (Wildman–Crippen MR) is 106 cm³/mol. The first-order chi connectivity index (χ1) is 12.7. The van der Waals surface area contributed by atoms with E-state index in [2.05, 4.69) is 20.8 Å². The average molecular weight is 387 g/mol. The highest BCUT2D eigenvalue weighted by Crippen LogP contribution is 2.29. The Morgan fingerprint density at radius 3 is 2.54 bits per heavy atom. The molecule has 0 aliphatic heterocycles. The lowest BCUT2D eigenvalue weighted by molar-refractivity contribution is -0.118. The summed E-state index contributed by atoms with van der Waals surface area (Å²) < 4.78 is 6.52. The lowest BCUT2D eigenvalue weighted by Crippen LogP contribution is -2.24. The molecule has 0 atom stereocenters. The molecule has 3 aromatic rings. The molecule has 134 valence electrons. The second-order valence-electron chi connectivity index (χ2n) is 5.18. The third kappa shape index (κ3) is 5.47. The molecule has 0 bridgehead atoms. The summed E-state index contributed by atoms with van der Waals surface area (Å²) in [6, 6.07) is 17.3. The fourth-order valence-electron chi connectivity index (χ4n) is 2.05. The van der Waals surface area contributed by atoms with Crippen LogP contribution in [0.4, 0.5) is 10.8 Å². The molecule has 1 heterocycles. The van der Waals surface area contributed by atoms with E-state index >= 15 is 0 Å². The van der Waals surface area contributed by atoms with Crippen molar-refractivity contribution in [2.45, 2.75) is 11.3 Å². The van der Waals surface area contributed by atoms with Crippen LogP contribution in [0.1, 0.15) is 6.92 Å². The van der Waals surface area contributed by atoms with Crippen molar-refractivity contribution in [1.29, 1.82) is 0 Å². The minimum Gasteiger partial charge on any atom is -0.457 e. The molecule has 0 aliphatic rings. The van der Waals surface area contributed by atoms with E-state index in [1.807, 2.05) is 61.5 Å². The van der Waals surface area contributed by atoms with Crippen molar-refractivity contribution in [2.75, 3.05) is 17.6 Å². The standard InChI is InChI=1S/C18H18N4O2S2/c1-2-19-16(23)12-25-18-22-21-17(26-18)20-13-8-10-15(11-9-13)24-14-6-4-3-5-7-14/h3-11H,2,12H2,1H3,(H,19,23)(H,20,21). The molecular weight excluding hydrogens is 368 g/mol. The molecule has 0 fully saturated rings. The number of carbonyl (C=O) groups is 1. The van der Waals surface area contributed by atoms with Crippen molar-refractivity contribution in [3.63, 3.8) is 0 Å². The molecule has 0 radical (unpaired) electrons. The molecule has 2 N–H and O–H groups in total. The first-order valence-corrected chi connectivity index (χ1v) is 9.86. The Morgan fingerprint density at radius 1 is 1.08 bits per heavy atom. The first-order valence-electron chi connectivity index (χ1n) is 8.06. The Labute approximate surface area is 160 Å². The van der Waals surface area contributed by atoms with E-state index in [-0.39, 0.29) is 5.91 Å². The normalized spacial score (nSPS) is 10.3. The van der Waals surface area contributed by atoms with Gasteiger partial charge in [-0.15, -0.1) is 10.2 Å². The minimum absolute atomic E-state index is 0.00351. The number of rotatable bonds is 8. The smallest absolute Gasteiger partial charge is 0.230 e. The van der Waals surface area contributed by atoms with E-state index in [1.54, 1.807) is 0 Å². The molecule has 0 unspecified atom stereocenters. The fourth-order valence-corrected chi connectivity index (χ4v) is 3.65. The van der Waals surface area contributed by atoms with Crippen LogP contribution in [0, 0.1) is 0 Å². The van der Waals surface area contributed by atoms with Crippen molar-refractivity contribution in [1.82, 2.24) is 15.5 Å². The number of nitrogens with zero attached hydrogens (tertiary/aromatic N) is 2. The lowest BCUT2D eigenvalue weighted by Gasteiger charge is -2.06. The van der Waals surface area contributed by atoms with E-state index in [9.17, 15) is 4.79 Å². The fraction of sp³-hybridized carbons (Fsp3) is 0.167. The molecule has 1 amide bonds. The van der Waals surface area contributed by atoms with Gasteiger partial charge in [0.05, 0.1) is 5.75 Å². The van der Waals surface area contributed by atoms with Crippen LogP contribution in [0.25, 0.3) is 0 Å². The highest BCUT2D eigenvalue weighted by Gasteiger charge is 2.08. The van der Waals surface area contributed by atoms with E-state index < -0.39 is 0 Å². The van der Waals surface area contributed by atoms with Gasteiger partial charge in [0, 0.05) is 12.2 Å². The van der Waals surface area contributed by atoms with E-state index in [4.69, 9.17) is 4.74 Å².